The van der Waals surface area contributed by atoms with E-state index in [1.807, 2.05) is 0 Å². The van der Waals surface area contributed by atoms with Crippen LogP contribution in [0.2, 0.25) is 0 Å². The van der Waals surface area contributed by atoms with Gasteiger partial charge in [0.25, 0.3) is 0 Å². The second-order valence-electron chi connectivity index (χ2n) is 2.63. The van der Waals surface area contributed by atoms with E-state index in [2.05, 4.69) is 6.58 Å². The maximum Gasteiger partial charge on any atom is 0.200 e. The lowest BCUT2D eigenvalue weighted by molar-refractivity contribution is 0.364. The van der Waals surface area contributed by atoms with E-state index in [1.54, 1.807) is 0 Å². The summed E-state index contributed by atoms with van der Waals surface area (Å²) in [5.74, 6) is -1.35. The average molecular weight is 181 g/mol. The summed E-state index contributed by atoms with van der Waals surface area (Å²) in [6.45, 7) is 3.45. The Labute approximate surface area is 75.6 Å². The fourth-order valence-electron chi connectivity index (χ4n) is 0.981. The summed E-state index contributed by atoms with van der Waals surface area (Å²) in [4.78, 5) is 0. The molecule has 0 heterocycles. The summed E-state index contributed by atoms with van der Waals surface area (Å²) in [5, 5.41) is 27.5. The molecule has 70 valence electrons. The maximum atomic E-state index is 9.34. The predicted octanol–water partition coefficient (Wildman–Crippen LogP) is 0.989. The van der Waals surface area contributed by atoms with Crippen LogP contribution in [0.3, 0.4) is 0 Å². The highest BCUT2D eigenvalue weighted by Crippen LogP contribution is 2.39. The van der Waals surface area contributed by atoms with E-state index in [9.17, 15) is 5.11 Å². The molecule has 0 saturated carbocycles. The summed E-state index contributed by atoms with van der Waals surface area (Å²) in [5.41, 5.74) is 5.87. The third kappa shape index (κ3) is 1.57. The van der Waals surface area contributed by atoms with E-state index in [0.29, 0.717) is 5.56 Å². The molecule has 0 aromatic heterocycles. The Morgan fingerprint density at radius 3 is 2.38 bits per heavy atom. The molecule has 0 aliphatic rings. The van der Waals surface area contributed by atoms with Crippen LogP contribution in [0.25, 0.3) is 0 Å². The van der Waals surface area contributed by atoms with Crippen LogP contribution >= 0.6 is 0 Å². The molecule has 13 heavy (non-hydrogen) atoms. The van der Waals surface area contributed by atoms with Crippen LogP contribution in [-0.4, -0.2) is 15.3 Å². The van der Waals surface area contributed by atoms with Gasteiger partial charge in [-0.15, -0.1) is 6.58 Å². The quantitative estimate of drug-likeness (QED) is 0.404. The first-order valence-corrected chi connectivity index (χ1v) is 3.70. The van der Waals surface area contributed by atoms with Gasteiger partial charge >= 0.3 is 0 Å². The Morgan fingerprint density at radius 1 is 1.23 bits per heavy atom. The molecular weight excluding hydrogens is 170 g/mol. The lowest BCUT2D eigenvalue weighted by atomic mass is 10.1. The highest BCUT2D eigenvalue weighted by molar-refractivity contribution is 5.54. The van der Waals surface area contributed by atoms with Crippen molar-refractivity contribution in [2.45, 2.75) is 6.04 Å². The summed E-state index contributed by atoms with van der Waals surface area (Å²) in [6.07, 6.45) is 1.42. The van der Waals surface area contributed by atoms with Crippen molar-refractivity contribution in [2.75, 3.05) is 0 Å². The first kappa shape index (κ1) is 9.41. The van der Waals surface area contributed by atoms with Crippen LogP contribution in [0.4, 0.5) is 0 Å². The number of hydrogen-bond donors (Lipinski definition) is 4. The van der Waals surface area contributed by atoms with Gasteiger partial charge in [-0.3, -0.25) is 0 Å². The van der Waals surface area contributed by atoms with Gasteiger partial charge in [0.2, 0.25) is 5.75 Å². The smallest absolute Gasteiger partial charge is 0.200 e. The first-order valence-electron chi connectivity index (χ1n) is 3.70. The fourth-order valence-corrected chi connectivity index (χ4v) is 0.981. The van der Waals surface area contributed by atoms with Gasteiger partial charge in [0, 0.05) is 5.56 Å². The SMILES string of the molecule is C=C[C@@H](N)c1ccc(O)c(O)c1O. The topological polar surface area (TPSA) is 86.7 Å². The molecule has 0 amide bonds. The zero-order valence-corrected chi connectivity index (χ0v) is 6.94. The Bertz CT molecular complexity index is 336. The molecule has 0 unspecified atom stereocenters. The summed E-state index contributed by atoms with van der Waals surface area (Å²) < 4.78 is 0. The fraction of sp³-hybridized carbons (Fsp3) is 0.111. The van der Waals surface area contributed by atoms with Crippen molar-refractivity contribution in [1.29, 1.82) is 0 Å². The molecule has 0 saturated heterocycles. The van der Waals surface area contributed by atoms with Crippen molar-refractivity contribution in [1.82, 2.24) is 0 Å². The molecule has 0 bridgehead atoms. The van der Waals surface area contributed by atoms with Gasteiger partial charge < -0.3 is 21.1 Å². The van der Waals surface area contributed by atoms with Gasteiger partial charge in [-0.25, -0.2) is 0 Å². The lowest BCUT2D eigenvalue weighted by Crippen LogP contribution is -2.06. The molecule has 0 fully saturated rings. The molecule has 0 spiro atoms. The minimum absolute atomic E-state index is 0.324. The van der Waals surface area contributed by atoms with Crippen molar-refractivity contribution in [2.24, 2.45) is 5.73 Å². The van der Waals surface area contributed by atoms with Gasteiger partial charge in [-0.05, 0) is 12.1 Å². The number of aromatic hydroxyl groups is 3. The molecule has 5 N–H and O–H groups in total. The molecular formula is C9H11NO3. The van der Waals surface area contributed by atoms with Crippen LogP contribution in [0.5, 0.6) is 17.2 Å². The number of nitrogens with two attached hydrogens (primary N) is 1. The zero-order chi connectivity index (χ0) is 10.0. The van der Waals surface area contributed by atoms with Crippen LogP contribution in [0.1, 0.15) is 11.6 Å². The highest BCUT2D eigenvalue weighted by atomic mass is 16.3. The molecule has 4 nitrogen and oxygen atoms in total. The average Bonchev–Trinajstić information content (AvgIpc) is 2.13. The predicted molar refractivity (Wildman–Crippen MR) is 48.6 cm³/mol. The van der Waals surface area contributed by atoms with Gasteiger partial charge in [0.05, 0.1) is 6.04 Å². The summed E-state index contributed by atoms with van der Waals surface area (Å²) in [6, 6.07) is 2.12. The largest absolute Gasteiger partial charge is 0.504 e. The van der Waals surface area contributed by atoms with Gasteiger partial charge in [-0.2, -0.15) is 0 Å². The number of hydrogen-bond acceptors (Lipinski definition) is 4. The van der Waals surface area contributed by atoms with Crippen molar-refractivity contribution < 1.29 is 15.3 Å². The van der Waals surface area contributed by atoms with Crippen LogP contribution in [0, 0.1) is 0 Å². The van der Waals surface area contributed by atoms with Crippen LogP contribution < -0.4 is 5.73 Å². The third-order valence-electron chi connectivity index (χ3n) is 1.77. The molecule has 0 radical (unpaired) electrons. The van der Waals surface area contributed by atoms with Gasteiger partial charge in [0.15, 0.2) is 11.5 Å². The van der Waals surface area contributed by atoms with E-state index in [0.717, 1.165) is 0 Å². The molecule has 1 aromatic carbocycles. The Hall–Kier alpha value is -1.68. The molecule has 1 atom stereocenters. The molecule has 0 aliphatic heterocycles. The van der Waals surface area contributed by atoms with E-state index < -0.39 is 17.5 Å². The molecule has 4 heteroatoms. The normalized spacial score (nSPS) is 12.4. The minimum atomic E-state index is -0.563. The summed E-state index contributed by atoms with van der Waals surface area (Å²) in [7, 11) is 0. The van der Waals surface area contributed by atoms with E-state index in [4.69, 9.17) is 15.9 Å². The Morgan fingerprint density at radius 2 is 1.85 bits per heavy atom. The van der Waals surface area contributed by atoms with E-state index in [1.165, 1.54) is 18.2 Å². The molecule has 0 aliphatic carbocycles. The van der Waals surface area contributed by atoms with Crippen LogP contribution in [-0.2, 0) is 0 Å². The van der Waals surface area contributed by atoms with E-state index in [-0.39, 0.29) is 5.75 Å². The number of phenolic OH excluding ortho intramolecular Hbond substituents is 3. The second kappa shape index (κ2) is 3.37. The third-order valence-corrected chi connectivity index (χ3v) is 1.77. The number of phenols is 3. The first-order chi connectivity index (χ1) is 6.07. The zero-order valence-electron chi connectivity index (χ0n) is 6.94. The van der Waals surface area contributed by atoms with Crippen molar-refractivity contribution >= 4 is 0 Å². The molecule has 1 aromatic rings. The number of rotatable bonds is 2. The maximum absolute atomic E-state index is 9.34. The number of benzene rings is 1. The standard InChI is InChI=1S/C9H11NO3/c1-2-6(10)5-3-4-7(11)9(13)8(5)12/h2-4,6,11-13H,1,10H2/t6-/m1/s1. The van der Waals surface area contributed by atoms with Gasteiger partial charge in [-0.1, -0.05) is 6.08 Å². The monoisotopic (exact) mass is 181 g/mol. The Balaban J connectivity index is 3.25. The lowest BCUT2D eigenvalue weighted by Gasteiger charge is -2.10. The van der Waals surface area contributed by atoms with Gasteiger partial charge in [0.1, 0.15) is 0 Å². The summed E-state index contributed by atoms with van der Waals surface area (Å²) >= 11 is 0. The highest BCUT2D eigenvalue weighted by Gasteiger charge is 2.13. The van der Waals surface area contributed by atoms with Crippen LogP contribution in [0.15, 0.2) is 24.8 Å². The minimum Gasteiger partial charge on any atom is -0.504 e. The van der Waals surface area contributed by atoms with Crippen molar-refractivity contribution in [3.05, 3.63) is 30.4 Å². The Kier molecular flexibility index (Phi) is 2.44. The van der Waals surface area contributed by atoms with Crippen molar-refractivity contribution in [3.8, 4) is 17.2 Å². The molecule has 1 rings (SSSR count). The second-order valence-corrected chi connectivity index (χ2v) is 2.63. The van der Waals surface area contributed by atoms with E-state index >= 15 is 0 Å². The van der Waals surface area contributed by atoms with Crippen molar-refractivity contribution in [3.63, 3.8) is 0 Å².